The second-order valence-corrected chi connectivity index (χ2v) is 6.83. The van der Waals surface area contributed by atoms with E-state index in [0.717, 1.165) is 18.7 Å². The Hall–Kier alpha value is -2.57. The summed E-state index contributed by atoms with van der Waals surface area (Å²) in [4.78, 5) is 26.6. The summed E-state index contributed by atoms with van der Waals surface area (Å²) in [5.74, 6) is 1.80. The third kappa shape index (κ3) is 3.06. The van der Waals surface area contributed by atoms with Crippen molar-refractivity contribution in [1.82, 2.24) is 14.6 Å². The third-order valence-electron chi connectivity index (χ3n) is 5.16. The van der Waals surface area contributed by atoms with Gasteiger partial charge in [0.2, 0.25) is 5.91 Å². The van der Waals surface area contributed by atoms with Crippen molar-refractivity contribution >= 4 is 5.91 Å². The number of methoxy groups -OCH3 is 1. The molecule has 25 heavy (non-hydrogen) atoms. The second kappa shape index (κ2) is 6.38. The average Bonchev–Trinajstić information content (AvgIpc) is 3.08. The van der Waals surface area contributed by atoms with Crippen LogP contribution in [0.2, 0.25) is 0 Å². The van der Waals surface area contributed by atoms with Crippen LogP contribution < -0.4 is 10.3 Å². The van der Waals surface area contributed by atoms with Crippen LogP contribution in [-0.4, -0.2) is 40.7 Å². The first-order chi connectivity index (χ1) is 12.1. The van der Waals surface area contributed by atoms with E-state index in [-0.39, 0.29) is 17.4 Å². The minimum Gasteiger partial charge on any atom is -0.479 e. The molecule has 2 aliphatic rings. The van der Waals surface area contributed by atoms with Gasteiger partial charge in [-0.3, -0.25) is 9.59 Å². The highest BCUT2D eigenvalue weighted by Gasteiger charge is 2.36. The molecule has 0 aromatic carbocycles. The van der Waals surface area contributed by atoms with E-state index in [1.807, 2.05) is 21.6 Å². The predicted octanol–water partition coefficient (Wildman–Crippen LogP) is 1.42. The van der Waals surface area contributed by atoms with Crippen LogP contribution in [0.3, 0.4) is 0 Å². The Bertz CT molecular complexity index is 841. The number of nitrogens with zero attached hydrogens (tertiary/aromatic N) is 3. The molecule has 2 aromatic heterocycles. The number of likely N-dealkylation sites (tertiary alicyclic amines) is 1. The van der Waals surface area contributed by atoms with Crippen LogP contribution in [0, 0.1) is 5.92 Å². The minimum atomic E-state index is 0.0613. The Morgan fingerprint density at radius 1 is 1.36 bits per heavy atom. The van der Waals surface area contributed by atoms with Crippen molar-refractivity contribution in [3.63, 3.8) is 0 Å². The topological polar surface area (TPSA) is 77.6 Å². The number of hydrogen-bond donors (Lipinski definition) is 0. The molecule has 2 aliphatic heterocycles. The third-order valence-corrected chi connectivity index (χ3v) is 5.16. The molecule has 0 spiro atoms. The fourth-order valence-corrected chi connectivity index (χ4v) is 4.00. The zero-order valence-electron chi connectivity index (χ0n) is 14.2. The molecule has 1 amide bonds. The number of rotatable bonds is 4. The molecular formula is C18H21N3O4. The first-order valence-corrected chi connectivity index (χ1v) is 8.61. The molecule has 2 aromatic rings. The standard InChI is InChI=1S/C18H21N3O4/c1-24-16-8-14(25-19-16)5-6-17(22)20-9-12-7-13(11-20)15-3-2-4-18(23)21(15)10-12/h2-4,8,12-13H,5-7,9-11H2,1H3/t12-,13+/m1/s1. The number of carbonyl (C=O) groups excluding carboxylic acids is 1. The highest BCUT2D eigenvalue weighted by atomic mass is 16.5. The zero-order chi connectivity index (χ0) is 17.4. The van der Waals surface area contributed by atoms with Gasteiger partial charge in [0.15, 0.2) is 0 Å². The largest absolute Gasteiger partial charge is 0.479 e. The maximum atomic E-state index is 12.6. The molecule has 7 heteroatoms. The molecule has 132 valence electrons. The maximum absolute atomic E-state index is 12.6. The summed E-state index contributed by atoms with van der Waals surface area (Å²) in [6.07, 6.45) is 1.95. The van der Waals surface area contributed by atoms with E-state index in [4.69, 9.17) is 9.26 Å². The Labute approximate surface area is 145 Å². The Kier molecular flexibility index (Phi) is 4.07. The monoisotopic (exact) mass is 343 g/mol. The summed E-state index contributed by atoms with van der Waals surface area (Å²) in [6, 6.07) is 7.14. The lowest BCUT2D eigenvalue weighted by Gasteiger charge is -2.42. The van der Waals surface area contributed by atoms with Gasteiger partial charge in [-0.15, -0.1) is 0 Å². The van der Waals surface area contributed by atoms with Crippen LogP contribution in [0.1, 0.15) is 30.2 Å². The van der Waals surface area contributed by atoms with Crippen LogP contribution in [0.25, 0.3) is 0 Å². The van der Waals surface area contributed by atoms with Gasteiger partial charge in [0, 0.05) is 56.2 Å². The first kappa shape index (κ1) is 15.9. The number of aryl methyl sites for hydroxylation is 1. The summed E-state index contributed by atoms with van der Waals surface area (Å²) < 4.78 is 12.0. The van der Waals surface area contributed by atoms with Crippen molar-refractivity contribution in [2.75, 3.05) is 20.2 Å². The molecule has 1 fully saturated rings. The van der Waals surface area contributed by atoms with Gasteiger partial charge in [0.05, 0.1) is 7.11 Å². The van der Waals surface area contributed by atoms with Crippen LogP contribution in [0.4, 0.5) is 0 Å². The van der Waals surface area contributed by atoms with Crippen molar-refractivity contribution in [1.29, 1.82) is 0 Å². The first-order valence-electron chi connectivity index (χ1n) is 8.61. The van der Waals surface area contributed by atoms with E-state index in [0.29, 0.717) is 43.5 Å². The van der Waals surface area contributed by atoms with Gasteiger partial charge in [0.25, 0.3) is 11.4 Å². The molecule has 0 radical (unpaired) electrons. The van der Waals surface area contributed by atoms with Gasteiger partial charge in [0.1, 0.15) is 5.76 Å². The van der Waals surface area contributed by atoms with Gasteiger partial charge >= 0.3 is 0 Å². The lowest BCUT2D eigenvalue weighted by atomic mass is 9.83. The second-order valence-electron chi connectivity index (χ2n) is 6.83. The Morgan fingerprint density at radius 3 is 3.04 bits per heavy atom. The zero-order valence-corrected chi connectivity index (χ0v) is 14.2. The molecule has 1 saturated heterocycles. The average molecular weight is 343 g/mol. The molecule has 2 atom stereocenters. The number of amides is 1. The quantitative estimate of drug-likeness (QED) is 0.839. The number of piperidine rings is 1. The van der Waals surface area contributed by atoms with E-state index in [2.05, 4.69) is 5.16 Å². The summed E-state index contributed by atoms with van der Waals surface area (Å²) >= 11 is 0. The molecule has 0 saturated carbocycles. The van der Waals surface area contributed by atoms with Crippen molar-refractivity contribution in [3.05, 3.63) is 46.1 Å². The fourth-order valence-electron chi connectivity index (χ4n) is 4.00. The molecule has 0 N–H and O–H groups in total. The van der Waals surface area contributed by atoms with Gasteiger partial charge in [-0.25, -0.2) is 0 Å². The molecule has 7 nitrogen and oxygen atoms in total. The Morgan fingerprint density at radius 2 is 2.24 bits per heavy atom. The van der Waals surface area contributed by atoms with Gasteiger partial charge in [-0.1, -0.05) is 6.07 Å². The smallest absolute Gasteiger partial charge is 0.254 e. The van der Waals surface area contributed by atoms with Crippen molar-refractivity contribution in [2.24, 2.45) is 5.92 Å². The van der Waals surface area contributed by atoms with E-state index in [1.165, 1.54) is 7.11 Å². The molecule has 0 aliphatic carbocycles. The normalized spacial score (nSPS) is 21.7. The van der Waals surface area contributed by atoms with Crippen molar-refractivity contribution < 1.29 is 14.1 Å². The number of carbonyl (C=O) groups is 1. The minimum absolute atomic E-state index is 0.0613. The summed E-state index contributed by atoms with van der Waals surface area (Å²) in [5.41, 5.74) is 1.12. The summed E-state index contributed by atoms with van der Waals surface area (Å²) in [7, 11) is 1.53. The van der Waals surface area contributed by atoms with Crippen LogP contribution >= 0.6 is 0 Å². The van der Waals surface area contributed by atoms with Gasteiger partial charge in [-0.2, -0.15) is 0 Å². The number of fused-ring (bicyclic) bond motifs is 4. The number of hydrogen-bond acceptors (Lipinski definition) is 5. The van der Waals surface area contributed by atoms with E-state index in [1.54, 1.807) is 12.1 Å². The highest BCUT2D eigenvalue weighted by Crippen LogP contribution is 2.35. The molecule has 4 heterocycles. The van der Waals surface area contributed by atoms with Crippen molar-refractivity contribution in [3.8, 4) is 5.88 Å². The van der Waals surface area contributed by atoms with Gasteiger partial charge in [-0.05, 0) is 23.6 Å². The number of aromatic nitrogens is 2. The molecular weight excluding hydrogens is 322 g/mol. The van der Waals surface area contributed by atoms with Crippen LogP contribution in [-0.2, 0) is 17.8 Å². The lowest BCUT2D eigenvalue weighted by molar-refractivity contribution is -0.134. The van der Waals surface area contributed by atoms with Crippen molar-refractivity contribution in [2.45, 2.75) is 31.7 Å². The molecule has 0 unspecified atom stereocenters. The fraction of sp³-hybridized carbons (Fsp3) is 0.500. The Balaban J connectivity index is 1.43. The van der Waals surface area contributed by atoms with Crippen LogP contribution in [0.5, 0.6) is 5.88 Å². The van der Waals surface area contributed by atoms with Gasteiger partial charge < -0.3 is 18.7 Å². The summed E-state index contributed by atoms with van der Waals surface area (Å²) in [5, 5.41) is 3.75. The predicted molar refractivity (Wildman–Crippen MR) is 89.5 cm³/mol. The summed E-state index contributed by atoms with van der Waals surface area (Å²) in [6.45, 7) is 2.10. The lowest BCUT2D eigenvalue weighted by Crippen LogP contribution is -2.49. The number of pyridine rings is 1. The number of ether oxygens (including phenoxy) is 1. The van der Waals surface area contributed by atoms with Crippen LogP contribution in [0.15, 0.2) is 33.6 Å². The molecule has 4 rings (SSSR count). The molecule has 2 bridgehead atoms. The van der Waals surface area contributed by atoms with E-state index >= 15 is 0 Å². The maximum Gasteiger partial charge on any atom is 0.254 e. The van der Waals surface area contributed by atoms with E-state index < -0.39 is 0 Å². The highest BCUT2D eigenvalue weighted by molar-refractivity contribution is 5.76. The van der Waals surface area contributed by atoms with E-state index in [9.17, 15) is 9.59 Å². The SMILES string of the molecule is COc1cc(CCC(=O)N2C[C@H]3C[C@@H](C2)c2cccc(=O)n2C3)on1.